The van der Waals surface area contributed by atoms with Crippen LogP contribution < -0.4 is 29.8 Å². The summed E-state index contributed by atoms with van der Waals surface area (Å²) >= 11 is 0. The molecule has 0 saturated heterocycles. The normalized spacial score (nSPS) is 12.8. The maximum atomic E-state index is 4.51. The first kappa shape index (κ1) is 44.1. The van der Waals surface area contributed by atoms with Gasteiger partial charge in [-0.05, 0) is 79.7 Å². The fraction of sp³-hybridized carbons (Fsp3) is 0.286. The van der Waals surface area contributed by atoms with Crippen molar-refractivity contribution in [3.05, 3.63) is 146 Å². The number of benzene rings is 2. The number of fused-ring (bicyclic) bond motifs is 2. The van der Waals surface area contributed by atoms with Crippen LogP contribution in [0.5, 0.6) is 0 Å². The molecule has 2 aliphatic rings. The van der Waals surface area contributed by atoms with Gasteiger partial charge >= 0.3 is 0 Å². The van der Waals surface area contributed by atoms with Crippen molar-refractivity contribution in [2.24, 2.45) is 0 Å². The van der Waals surface area contributed by atoms with Crippen LogP contribution in [0.25, 0.3) is 0 Å². The van der Waals surface area contributed by atoms with Crippen molar-refractivity contribution >= 4 is 34.4 Å². The van der Waals surface area contributed by atoms with E-state index in [2.05, 4.69) is 129 Å². The quantitative estimate of drug-likeness (QED) is 0.157. The molecule has 54 heavy (non-hydrogen) atoms. The summed E-state index contributed by atoms with van der Waals surface area (Å²) in [5.74, 6) is 1.92. The molecule has 2 aliphatic heterocycles. The fourth-order valence-electron chi connectivity index (χ4n) is 5.51. The Morgan fingerprint density at radius 2 is 0.944 bits per heavy atom. The van der Waals surface area contributed by atoms with Crippen LogP contribution in [-0.4, -0.2) is 31.2 Å². The Morgan fingerprint density at radius 3 is 1.20 bits per heavy atom. The van der Waals surface area contributed by atoms with Gasteiger partial charge in [0.2, 0.25) is 0 Å². The van der Waals surface area contributed by atoms with E-state index in [1.165, 1.54) is 0 Å². The minimum atomic E-state index is 0. The van der Waals surface area contributed by atoms with Gasteiger partial charge in [0, 0.05) is 77.0 Å². The summed E-state index contributed by atoms with van der Waals surface area (Å²) in [6, 6.07) is 34.5. The molecule has 12 heteroatoms. The zero-order valence-corrected chi connectivity index (χ0v) is 37.0. The zero-order chi connectivity index (χ0) is 37.5. The molecule has 6 aromatic rings. The molecular formula is C42H48N10Pt2-6. The maximum Gasteiger partial charge on any atom is 0.124 e. The van der Waals surface area contributed by atoms with Crippen LogP contribution in [-0.2, 0) is 42.1 Å². The molecule has 0 saturated carbocycles. The third kappa shape index (κ3) is 11.4. The van der Waals surface area contributed by atoms with E-state index < -0.39 is 0 Å². The first-order valence-corrected chi connectivity index (χ1v) is 17.3. The van der Waals surface area contributed by atoms with Crippen molar-refractivity contribution < 1.29 is 42.1 Å². The molecule has 0 N–H and O–H groups in total. The first-order chi connectivity index (χ1) is 24.7. The van der Waals surface area contributed by atoms with Crippen LogP contribution >= 0.6 is 0 Å². The summed E-state index contributed by atoms with van der Waals surface area (Å²) in [6.45, 7) is 25.1. The molecule has 6 heterocycles. The van der Waals surface area contributed by atoms with E-state index in [1.54, 1.807) is 0 Å². The molecule has 0 fully saturated rings. The van der Waals surface area contributed by atoms with Crippen LogP contribution in [0, 0.1) is 53.2 Å². The number of nitrogens with zero attached hydrogens (tertiary/aromatic N) is 10. The number of anilines is 6. The number of aryl methyl sites for hydroxylation is 4. The standard InChI is InChI=1S/2C16H17N3.2C5H7N2.2Pt/c2*1-16(2,3)19-12-18(13-8-5-4-6-9-13)15-14(19)10-7-11-17-15;2*1-4-3-5(2)7-6-4;;/h2*4-8,10-12H,1-3H3;2*3H,1-2H3;;/q2*-2;2*-1;;. The minimum absolute atomic E-state index is 0. The minimum Gasteiger partial charge on any atom is -0.579 e. The van der Waals surface area contributed by atoms with E-state index >= 15 is 0 Å². The summed E-state index contributed by atoms with van der Waals surface area (Å²) in [4.78, 5) is 17.7. The van der Waals surface area contributed by atoms with Crippen molar-refractivity contribution in [2.45, 2.75) is 80.3 Å². The molecule has 292 valence electrons. The number of aromatic nitrogens is 6. The number of rotatable bonds is 2. The predicted octanol–water partition coefficient (Wildman–Crippen LogP) is 8.82. The molecule has 0 atom stereocenters. The Bertz CT molecular complexity index is 1820. The van der Waals surface area contributed by atoms with Gasteiger partial charge < -0.3 is 40.0 Å². The molecule has 0 aliphatic carbocycles. The van der Waals surface area contributed by atoms with Crippen LogP contribution in [0.3, 0.4) is 0 Å². The number of pyridine rings is 2. The number of hydrogen-bond donors (Lipinski definition) is 0. The van der Waals surface area contributed by atoms with E-state index in [0.29, 0.717) is 0 Å². The van der Waals surface area contributed by atoms with Crippen molar-refractivity contribution in [3.8, 4) is 0 Å². The van der Waals surface area contributed by atoms with Gasteiger partial charge in [-0.25, -0.2) is 9.97 Å². The summed E-state index contributed by atoms with van der Waals surface area (Å²) in [5, 5.41) is 15.1. The SMILES string of the molecule is CC(C)(C)N1[CH-]N(c2[c-]cccc2)c2ncccc21.CC(C)(C)N1[CH-]N(c2[c-]cccc2)c2ncccc21.Cc1cc(C)[n-]n1.Cc1cc(C)[n-]n1.[Pt].[Pt]. The average molecular weight is 1080 g/mol. The molecule has 0 bridgehead atoms. The average Bonchev–Trinajstić information content (AvgIpc) is 3.91. The van der Waals surface area contributed by atoms with Gasteiger partial charge in [-0.1, -0.05) is 26.0 Å². The van der Waals surface area contributed by atoms with E-state index in [0.717, 1.165) is 57.2 Å². The molecule has 10 nitrogen and oxygen atoms in total. The van der Waals surface area contributed by atoms with Crippen molar-refractivity contribution in [2.75, 3.05) is 19.6 Å². The van der Waals surface area contributed by atoms with Gasteiger partial charge in [-0.3, -0.25) is 0 Å². The molecule has 0 amide bonds. The molecule has 8 rings (SSSR count). The molecule has 4 aromatic heterocycles. The third-order valence-corrected chi connectivity index (χ3v) is 7.89. The second kappa shape index (κ2) is 19.4. The van der Waals surface area contributed by atoms with E-state index in [1.807, 2.05) is 113 Å². The molecule has 0 spiro atoms. The summed E-state index contributed by atoms with van der Waals surface area (Å²) in [7, 11) is 0. The topological polar surface area (TPSA) is 92.7 Å². The van der Waals surface area contributed by atoms with Crippen molar-refractivity contribution in [1.82, 2.24) is 30.4 Å². The number of para-hydroxylation sites is 2. The summed E-state index contributed by atoms with van der Waals surface area (Å²) in [5.41, 5.74) is 8.30. The Balaban J connectivity index is 0.000000210. The Labute approximate surface area is 350 Å². The zero-order valence-electron chi connectivity index (χ0n) is 32.5. The first-order valence-electron chi connectivity index (χ1n) is 17.3. The Kier molecular flexibility index (Phi) is 15.8. The monoisotopic (exact) mass is 1080 g/mol. The Morgan fingerprint density at radius 1 is 0.556 bits per heavy atom. The van der Waals surface area contributed by atoms with Gasteiger partial charge in [0.25, 0.3) is 0 Å². The second-order valence-corrected chi connectivity index (χ2v) is 14.5. The van der Waals surface area contributed by atoms with E-state index in [-0.39, 0.29) is 53.2 Å². The van der Waals surface area contributed by atoms with Crippen LogP contribution in [0.15, 0.2) is 97.3 Å². The van der Waals surface area contributed by atoms with Crippen molar-refractivity contribution in [3.63, 3.8) is 0 Å². The molecule has 2 aromatic carbocycles. The van der Waals surface area contributed by atoms with Crippen LogP contribution in [0.1, 0.15) is 64.3 Å². The van der Waals surface area contributed by atoms with Crippen molar-refractivity contribution in [1.29, 1.82) is 0 Å². The number of hydrogen-bond acceptors (Lipinski definition) is 8. The molecular weight excluding hydrogens is 1030 g/mol. The summed E-state index contributed by atoms with van der Waals surface area (Å²) in [6.07, 6.45) is 3.66. The maximum absolute atomic E-state index is 4.51. The molecule has 0 unspecified atom stereocenters. The Hall–Kier alpha value is -4.26. The predicted molar refractivity (Wildman–Crippen MR) is 210 cm³/mol. The van der Waals surface area contributed by atoms with Crippen LogP contribution in [0.2, 0.25) is 0 Å². The summed E-state index contributed by atoms with van der Waals surface area (Å²) < 4.78 is 0. The molecule has 0 radical (unpaired) electrons. The van der Waals surface area contributed by atoms with Gasteiger partial charge in [-0.15, -0.1) is 36.1 Å². The van der Waals surface area contributed by atoms with E-state index in [9.17, 15) is 0 Å². The van der Waals surface area contributed by atoms with Gasteiger partial charge in [0.1, 0.15) is 11.6 Å². The van der Waals surface area contributed by atoms with Gasteiger partial charge in [-0.2, -0.15) is 60.7 Å². The van der Waals surface area contributed by atoms with Gasteiger partial charge in [0.05, 0.1) is 11.4 Å². The van der Waals surface area contributed by atoms with Gasteiger partial charge in [0.15, 0.2) is 0 Å². The smallest absolute Gasteiger partial charge is 0.124 e. The van der Waals surface area contributed by atoms with E-state index in [4.69, 9.17) is 0 Å². The fourth-order valence-corrected chi connectivity index (χ4v) is 5.51. The second-order valence-electron chi connectivity index (χ2n) is 14.5. The van der Waals surface area contributed by atoms with Crippen LogP contribution in [0.4, 0.5) is 34.4 Å². The third-order valence-electron chi connectivity index (χ3n) is 7.89. The largest absolute Gasteiger partial charge is 0.579 e.